The molecule has 3 rings (SSSR count). The molecule has 1 amide bonds. The van der Waals surface area contributed by atoms with Crippen molar-refractivity contribution in [3.8, 4) is 0 Å². The number of sulfonamides is 1. The van der Waals surface area contributed by atoms with Gasteiger partial charge in [-0.05, 0) is 31.2 Å². The fraction of sp³-hybridized carbons (Fsp3) is 0.360. The van der Waals surface area contributed by atoms with Crippen molar-refractivity contribution in [2.24, 2.45) is 0 Å². The highest BCUT2D eigenvalue weighted by atomic mass is 32.2. The largest absolute Gasteiger partial charge is 0.421 e. The van der Waals surface area contributed by atoms with Gasteiger partial charge in [0.05, 0.1) is 12.9 Å². The minimum atomic E-state index is -4.76. The Balaban J connectivity index is 1.87. The third kappa shape index (κ3) is 7.79. The molecule has 0 unspecified atom stereocenters. The van der Waals surface area contributed by atoms with E-state index in [9.17, 15) is 26.4 Å². The van der Waals surface area contributed by atoms with Crippen LogP contribution in [0.15, 0.2) is 48.8 Å². The summed E-state index contributed by atoms with van der Waals surface area (Å²) in [6.07, 6.45) is -1.75. The molecule has 0 spiro atoms. The smallest absolute Gasteiger partial charge is 0.383 e. The molecule has 0 bridgehead atoms. The number of nitrogens with one attached hydrogen (secondary N) is 2. The molecule has 0 aliphatic heterocycles. The predicted octanol–water partition coefficient (Wildman–Crippen LogP) is 3.75. The van der Waals surface area contributed by atoms with E-state index >= 15 is 0 Å². The van der Waals surface area contributed by atoms with Gasteiger partial charge in [-0.1, -0.05) is 12.1 Å². The Morgan fingerprint density at radius 2 is 1.90 bits per heavy atom. The Morgan fingerprint density at radius 3 is 2.55 bits per heavy atom. The van der Waals surface area contributed by atoms with Crippen molar-refractivity contribution in [1.82, 2.24) is 19.9 Å². The maximum absolute atomic E-state index is 13.7. The zero-order chi connectivity index (χ0) is 29.5. The summed E-state index contributed by atoms with van der Waals surface area (Å²) in [4.78, 5) is 26.4. The minimum Gasteiger partial charge on any atom is -0.383 e. The van der Waals surface area contributed by atoms with Crippen molar-refractivity contribution in [2.75, 3.05) is 55.0 Å². The van der Waals surface area contributed by atoms with Crippen molar-refractivity contribution in [3.63, 3.8) is 0 Å². The van der Waals surface area contributed by atoms with Gasteiger partial charge in [0.2, 0.25) is 16.0 Å². The van der Waals surface area contributed by atoms with E-state index in [-0.39, 0.29) is 24.2 Å². The number of methoxy groups -OCH3 is 1. The Kier molecular flexibility index (Phi) is 9.87. The molecule has 0 saturated heterocycles. The van der Waals surface area contributed by atoms with Crippen LogP contribution in [0.25, 0.3) is 0 Å². The van der Waals surface area contributed by atoms with Gasteiger partial charge in [0.15, 0.2) is 0 Å². The van der Waals surface area contributed by atoms with Crippen molar-refractivity contribution in [3.05, 3.63) is 65.5 Å². The van der Waals surface area contributed by atoms with Crippen LogP contribution in [0, 0.1) is 0 Å². The lowest BCUT2D eigenvalue weighted by atomic mass is 10.1. The van der Waals surface area contributed by atoms with E-state index in [0.29, 0.717) is 42.7 Å². The molecule has 15 heteroatoms. The number of carbonyl (C=O) groups is 1. The maximum Gasteiger partial charge on any atom is 0.421 e. The SMILES string of the molecule is CCN(CCOC)C(=O)c1cccc(Nc2ncc(C(F)(F)F)c(NCc3cccnc3N(C)S(C)(=O)=O)n2)c1. The van der Waals surface area contributed by atoms with Crippen molar-refractivity contribution >= 4 is 39.2 Å². The summed E-state index contributed by atoms with van der Waals surface area (Å²) < 4.78 is 71.2. The molecule has 0 aliphatic carbocycles. The fourth-order valence-corrected chi connectivity index (χ4v) is 4.10. The number of pyridine rings is 1. The first-order chi connectivity index (χ1) is 18.8. The first-order valence-electron chi connectivity index (χ1n) is 12.1. The Labute approximate surface area is 230 Å². The molecule has 0 radical (unpaired) electrons. The van der Waals surface area contributed by atoms with Crippen LogP contribution in [-0.4, -0.2) is 74.3 Å². The number of alkyl halides is 3. The number of ether oxygens (including phenoxy) is 1. The van der Waals surface area contributed by atoms with Crippen molar-refractivity contribution < 1.29 is 31.1 Å². The van der Waals surface area contributed by atoms with Crippen LogP contribution in [0.4, 0.5) is 36.4 Å². The molecule has 1 aromatic carbocycles. The molecule has 0 atom stereocenters. The predicted molar refractivity (Wildman–Crippen MR) is 145 cm³/mol. The van der Waals surface area contributed by atoms with Crippen LogP contribution in [0.3, 0.4) is 0 Å². The Morgan fingerprint density at radius 1 is 1.15 bits per heavy atom. The summed E-state index contributed by atoms with van der Waals surface area (Å²) in [6.45, 7) is 2.88. The molecule has 3 aromatic rings. The van der Waals surface area contributed by atoms with Gasteiger partial charge >= 0.3 is 6.18 Å². The quantitative estimate of drug-likeness (QED) is 0.329. The van der Waals surface area contributed by atoms with E-state index < -0.39 is 27.6 Å². The molecule has 0 fully saturated rings. The number of aromatic nitrogens is 3. The second-order valence-corrected chi connectivity index (χ2v) is 10.6. The fourth-order valence-electron chi connectivity index (χ4n) is 3.62. The second kappa shape index (κ2) is 12.9. The van der Waals surface area contributed by atoms with Gasteiger partial charge in [0.1, 0.15) is 17.2 Å². The standard InChI is InChI=1S/C25H30F3N7O4S/c1-5-35(12-13-39-3)23(36)17-8-6-10-19(14-17)32-24-31-16-20(25(26,27)28)21(33-24)30-15-18-9-7-11-29-22(18)34(2)40(4,37)38/h6-11,14,16H,5,12-13,15H2,1-4H3,(H2,30,31,32,33). The minimum absolute atomic E-state index is 0.0616. The zero-order valence-electron chi connectivity index (χ0n) is 22.4. The van der Waals surface area contributed by atoms with E-state index in [0.717, 1.165) is 10.6 Å². The molecule has 40 heavy (non-hydrogen) atoms. The average molecular weight is 582 g/mol. The molecule has 2 heterocycles. The van der Waals surface area contributed by atoms with Gasteiger partial charge in [-0.15, -0.1) is 0 Å². The summed E-state index contributed by atoms with van der Waals surface area (Å²) in [7, 11) is -0.823. The van der Waals surface area contributed by atoms with E-state index in [2.05, 4.69) is 25.6 Å². The summed E-state index contributed by atoms with van der Waals surface area (Å²) in [5, 5.41) is 5.48. The monoisotopic (exact) mass is 581 g/mol. The first kappa shape index (κ1) is 30.6. The van der Waals surface area contributed by atoms with Crippen LogP contribution in [0.2, 0.25) is 0 Å². The molecule has 0 aliphatic rings. The third-order valence-electron chi connectivity index (χ3n) is 5.80. The molecule has 216 valence electrons. The highest BCUT2D eigenvalue weighted by Crippen LogP contribution is 2.34. The van der Waals surface area contributed by atoms with E-state index in [1.807, 2.05) is 6.92 Å². The average Bonchev–Trinajstić information content (AvgIpc) is 2.91. The van der Waals surface area contributed by atoms with Crippen LogP contribution in [-0.2, 0) is 27.5 Å². The topological polar surface area (TPSA) is 130 Å². The van der Waals surface area contributed by atoms with E-state index in [1.165, 1.54) is 19.3 Å². The number of nitrogens with zero attached hydrogens (tertiary/aromatic N) is 5. The van der Waals surface area contributed by atoms with E-state index in [4.69, 9.17) is 4.74 Å². The lowest BCUT2D eigenvalue weighted by Gasteiger charge is -2.21. The number of benzene rings is 1. The van der Waals surface area contributed by atoms with Gasteiger partial charge in [0.25, 0.3) is 5.91 Å². The normalized spacial score (nSPS) is 11.7. The Hall–Kier alpha value is -3.98. The number of halogens is 3. The molecular formula is C25H30F3N7O4S. The van der Waals surface area contributed by atoms with Crippen LogP contribution in [0.5, 0.6) is 0 Å². The van der Waals surface area contributed by atoms with Gasteiger partial charge in [-0.2, -0.15) is 18.2 Å². The number of hydrogen-bond acceptors (Lipinski definition) is 9. The van der Waals surface area contributed by atoms with Crippen molar-refractivity contribution in [2.45, 2.75) is 19.6 Å². The Bertz CT molecular complexity index is 1440. The number of rotatable bonds is 12. The number of hydrogen-bond donors (Lipinski definition) is 2. The van der Waals surface area contributed by atoms with Gasteiger partial charge in [-0.25, -0.2) is 18.4 Å². The molecule has 2 aromatic heterocycles. The van der Waals surface area contributed by atoms with Gasteiger partial charge in [0, 0.05) is 63.0 Å². The number of anilines is 4. The maximum atomic E-state index is 13.7. The zero-order valence-corrected chi connectivity index (χ0v) is 23.2. The molecular weight excluding hydrogens is 551 g/mol. The molecule has 11 nitrogen and oxygen atoms in total. The number of likely N-dealkylation sites (N-methyl/N-ethyl adjacent to an activating group) is 1. The van der Waals surface area contributed by atoms with Gasteiger partial charge in [-0.3, -0.25) is 9.10 Å². The first-order valence-corrected chi connectivity index (χ1v) is 13.9. The lowest BCUT2D eigenvalue weighted by molar-refractivity contribution is -0.137. The van der Waals surface area contributed by atoms with Crippen LogP contribution in [0.1, 0.15) is 28.4 Å². The van der Waals surface area contributed by atoms with Crippen LogP contribution >= 0.6 is 0 Å². The number of amides is 1. The summed E-state index contributed by atoms with van der Waals surface area (Å²) in [5.74, 6) is -0.839. The highest BCUT2D eigenvalue weighted by Gasteiger charge is 2.35. The lowest BCUT2D eigenvalue weighted by Crippen LogP contribution is -2.33. The summed E-state index contributed by atoms with van der Waals surface area (Å²) in [6, 6.07) is 9.51. The van der Waals surface area contributed by atoms with Gasteiger partial charge < -0.3 is 20.3 Å². The van der Waals surface area contributed by atoms with E-state index in [1.54, 1.807) is 42.3 Å². The summed E-state index contributed by atoms with van der Waals surface area (Å²) in [5.41, 5.74) is -0.0200. The second-order valence-electron chi connectivity index (χ2n) is 8.61. The van der Waals surface area contributed by atoms with Crippen molar-refractivity contribution in [1.29, 1.82) is 0 Å². The highest BCUT2D eigenvalue weighted by molar-refractivity contribution is 7.92. The molecule has 0 saturated carbocycles. The van der Waals surface area contributed by atoms with Crippen LogP contribution < -0.4 is 14.9 Å². The molecule has 2 N–H and O–H groups in total. The third-order valence-corrected chi connectivity index (χ3v) is 6.97. The summed E-state index contributed by atoms with van der Waals surface area (Å²) >= 11 is 0. The number of carbonyl (C=O) groups excluding carboxylic acids is 1.